The number of hydrogen-bond donors (Lipinski definition) is 22. The Kier molecular flexibility index (Phi) is 46.6. The van der Waals surface area contributed by atoms with Gasteiger partial charge < -0.3 is 210 Å². The summed E-state index contributed by atoms with van der Waals surface area (Å²) in [4.78, 5) is 88.0. The molecule has 9 aliphatic rings. The van der Waals surface area contributed by atoms with Crippen LogP contribution in [0.1, 0.15) is 198 Å². The highest BCUT2D eigenvalue weighted by molar-refractivity contribution is 5.71. The van der Waals surface area contributed by atoms with Gasteiger partial charge in [-0.15, -0.1) is 0 Å². The lowest BCUT2D eigenvalue weighted by Gasteiger charge is -2.46. The molecule has 0 aromatic carbocycles. The molecule has 9 rings (SSSR count). The van der Waals surface area contributed by atoms with Crippen LogP contribution in [0.4, 0.5) is 33.6 Å². The van der Waals surface area contributed by atoms with Crippen molar-refractivity contribution < 1.29 is 184 Å². The molecule has 7 fully saturated rings. The predicted octanol–water partition coefficient (Wildman–Crippen LogP) is 0.505. The monoisotopic (exact) mass is 2060 g/mol. The van der Waals surface area contributed by atoms with Gasteiger partial charge in [-0.1, -0.05) is 51.5 Å². The van der Waals surface area contributed by atoms with Crippen molar-refractivity contribution in [2.24, 2.45) is 17.6 Å². The van der Waals surface area contributed by atoms with Crippen LogP contribution in [-0.2, 0) is 94.7 Å². The molecule has 2 unspecified atom stereocenters. The normalized spacial score (nSPS) is 35.5. The van der Waals surface area contributed by atoms with Crippen LogP contribution in [0.3, 0.4) is 0 Å². The fourth-order valence-corrected chi connectivity index (χ4v) is 16.6. The van der Waals surface area contributed by atoms with Crippen LogP contribution < -0.4 is 58.9 Å². The van der Waals surface area contributed by atoms with Crippen LogP contribution in [-0.4, -0.2) is 419 Å². The maximum absolute atomic E-state index is 13.0. The van der Waals surface area contributed by atoms with E-state index >= 15 is 0 Å². The summed E-state index contributed by atoms with van der Waals surface area (Å²) < 4.78 is 117. The number of amides is 7. The molecule has 5 saturated heterocycles. The number of likely N-dealkylation sites (N-methyl/N-ethyl adjacent to an activating group) is 2. The van der Waals surface area contributed by atoms with Crippen LogP contribution >= 0.6 is 0 Å². The smallest absolute Gasteiger partial charge is 0.408 e. The van der Waals surface area contributed by atoms with Gasteiger partial charge in [0.15, 0.2) is 37.7 Å². The third kappa shape index (κ3) is 40.3. The van der Waals surface area contributed by atoms with Crippen molar-refractivity contribution in [3.63, 3.8) is 0 Å². The first kappa shape index (κ1) is 123. The Morgan fingerprint density at radius 1 is 0.385 bits per heavy atom. The number of rotatable bonds is 34. The molecular weight excluding hydrogens is 1890 g/mol. The van der Waals surface area contributed by atoms with Crippen molar-refractivity contribution in [1.29, 1.82) is 0 Å². The largest absolute Gasteiger partial charge is 0.444 e. The molecule has 7 heterocycles. The number of aliphatic hydroxyl groups is 11. The number of epoxide rings is 1. The van der Waals surface area contributed by atoms with Gasteiger partial charge in [-0.2, -0.15) is 0 Å². The van der Waals surface area contributed by atoms with E-state index in [0.717, 1.165) is 19.4 Å². The Morgan fingerprint density at radius 2 is 0.706 bits per heavy atom. The van der Waals surface area contributed by atoms with E-state index in [-0.39, 0.29) is 37.6 Å². The van der Waals surface area contributed by atoms with E-state index in [1.807, 2.05) is 41.5 Å². The molecule has 2 saturated carbocycles. The molecule has 23 N–H and O–H groups in total. The highest BCUT2D eigenvalue weighted by Gasteiger charge is 2.59. The number of hydrogen-bond acceptors (Lipinski definition) is 42. The van der Waals surface area contributed by atoms with E-state index in [2.05, 4.69) is 53.2 Å². The van der Waals surface area contributed by atoms with Gasteiger partial charge in [0, 0.05) is 51.4 Å². The number of carbonyl (C=O) groups is 7. The number of alkyl carbamates (subject to hydrolysis) is 7. The molecule has 0 spiro atoms. The molecular formula is C94H169N11O38. The molecule has 0 aromatic heterocycles. The number of nitrogens with two attached hydrogens (primary N) is 1. The van der Waals surface area contributed by atoms with E-state index < -0.39 is 291 Å². The topological polar surface area (TPSA) is 676 Å². The first-order valence-electron chi connectivity index (χ1n) is 49.2. The van der Waals surface area contributed by atoms with Crippen molar-refractivity contribution in [2.75, 3.05) is 73.2 Å². The Bertz CT molecular complexity index is 3970. The number of nitrogens with one attached hydrogen (secondary N) is 10. The molecule has 49 heteroatoms. The minimum absolute atomic E-state index is 0.0992. The molecule has 7 amide bonds. The minimum Gasteiger partial charge on any atom is -0.444 e. The molecule has 828 valence electrons. The quantitative estimate of drug-likeness (QED) is 0.0237. The van der Waals surface area contributed by atoms with Gasteiger partial charge >= 0.3 is 42.7 Å². The lowest BCUT2D eigenvalue weighted by Crippen LogP contribution is -2.66. The zero-order valence-electron chi connectivity index (χ0n) is 87.5. The van der Waals surface area contributed by atoms with Crippen molar-refractivity contribution >= 4 is 42.7 Å². The number of carbonyl (C=O) groups excluding carboxylic acids is 7. The summed E-state index contributed by atoms with van der Waals surface area (Å²) in [5.74, 6) is -0.686. The molecule has 7 aliphatic heterocycles. The Hall–Kier alpha value is -6.75. The van der Waals surface area contributed by atoms with Gasteiger partial charge in [-0.25, -0.2) is 33.6 Å². The summed E-state index contributed by atoms with van der Waals surface area (Å²) in [6, 6.07) is -5.83. The summed E-state index contributed by atoms with van der Waals surface area (Å²) >= 11 is 0. The number of aliphatic hydroxyl groups excluding tert-OH is 11. The maximum Gasteiger partial charge on any atom is 0.408 e. The van der Waals surface area contributed by atoms with Gasteiger partial charge in [-0.05, 0) is 197 Å². The molecule has 0 radical (unpaired) electrons. The lowest BCUT2D eigenvalue weighted by molar-refractivity contribution is -0.290. The second-order valence-corrected chi connectivity index (χ2v) is 44.1. The van der Waals surface area contributed by atoms with E-state index in [4.69, 9.17) is 100 Å². The Labute approximate surface area is 837 Å². The van der Waals surface area contributed by atoms with E-state index in [0.29, 0.717) is 45.0 Å². The van der Waals surface area contributed by atoms with Crippen molar-refractivity contribution in [2.45, 2.75) is 446 Å². The highest BCUT2D eigenvalue weighted by atomic mass is 16.8. The maximum atomic E-state index is 13.0. The Balaban J connectivity index is 0.000000344. The van der Waals surface area contributed by atoms with Gasteiger partial charge in [0.1, 0.15) is 149 Å². The van der Waals surface area contributed by atoms with E-state index in [1.165, 1.54) is 0 Å². The fourth-order valence-electron chi connectivity index (χ4n) is 16.6. The summed E-state index contributed by atoms with van der Waals surface area (Å²) in [6.45, 7) is 41.2. The number of ether oxygens (including phenoxy) is 20. The fraction of sp³-hybridized carbons (Fsp3) is 0.883. The van der Waals surface area contributed by atoms with E-state index in [9.17, 15) is 89.7 Å². The first-order chi connectivity index (χ1) is 66.3. The van der Waals surface area contributed by atoms with Gasteiger partial charge in [0.05, 0.1) is 68.7 Å². The van der Waals surface area contributed by atoms with E-state index in [1.54, 1.807) is 163 Å². The second kappa shape index (κ2) is 54.1. The average Bonchev–Trinajstić information content (AvgIpc) is 1.67. The minimum atomic E-state index is -1.78. The highest BCUT2D eigenvalue weighted by Crippen LogP contribution is 2.41. The van der Waals surface area contributed by atoms with Gasteiger partial charge in [0.2, 0.25) is 0 Å². The van der Waals surface area contributed by atoms with Gasteiger partial charge in [-0.3, -0.25) is 0 Å². The predicted molar refractivity (Wildman–Crippen MR) is 508 cm³/mol. The molecule has 2 aliphatic carbocycles. The summed E-state index contributed by atoms with van der Waals surface area (Å²) in [7, 11) is 3.34. The third-order valence-electron chi connectivity index (χ3n) is 23.2. The summed E-state index contributed by atoms with van der Waals surface area (Å²) in [5.41, 5.74) is 0.269. The Morgan fingerprint density at radius 3 is 1.04 bits per heavy atom. The standard InChI is InChI=1S/C45H81N5O18.C40H71N5O17.C9H17NO3/c1-13-14-23(52)18-47-19-24-15-16-25(49-41(58)67-44(6,7)8)37(60-24)63-34-22(2)17-26(46-12)30(53)36(34)65-39-33(56)35(28(21-51)62-39)64-38-29(50-42(59)68-45(9,10)11)32(55)31(54)27(61-38)20-48-40(57)66-43(3,4)5;1-18-14-21(42-11)25(47)31(29(18)57-32-20(13-12-19(15-41)54-32)44-36(52)61-39(5,6)7)59-34-28(50)30(23(17-46)56-34)58-33-24(45-37(53)62-40(8,9)10)27(49)26(48)22(55-33)16-43-35(51)60-38(2,3)4;1-9(2,3)13-8(11)10-5-4-7-6-12-7/h15-16,22-39,46-47,51-56H,13-14,17-21H2,1-12H3,(H,48,57)(H,49,58)(H,50,59);12-13,18-34,42,46-50H,14-17,41H2,1-11H3,(H,43,51)(H,44,52)(H,45,53);7H,4-6H2,1-3H3,(H,10,11)/t22-,23?,24-,25+,26+,27-,28+,29+,30-,31+,32+,33+,34+,35+,36+,37+,38+,39-;18-,19-,20+,21+,22-,23+,24+,25-,26+,27+,28+,29+,30+,31+,32+,33+,34-;/m00./s1. The lowest BCUT2D eigenvalue weighted by atomic mass is 9.80. The van der Waals surface area contributed by atoms with Crippen molar-refractivity contribution in [1.82, 2.24) is 53.2 Å². The van der Waals surface area contributed by atoms with Gasteiger partial charge in [0.25, 0.3) is 0 Å². The van der Waals surface area contributed by atoms with Crippen LogP contribution in [0, 0.1) is 11.8 Å². The molecule has 143 heavy (non-hydrogen) atoms. The SMILES string of the molecule is CC(C)(C)OC(=O)NCCC1CO1.CCCC(O)CNC[C@@H]1C=C[C@@H](NC(=O)OC(C)(C)C)[C@@H](O[C@H]2[C@H](O[C@@H]3O[C@H](CO)[C@@H](O[C@H]4O[C@@H](CNC(=O)OC(C)(C)C)[C@@H](O)[C@H](O)[C@H]4NC(=O)OC(C)(C)C)[C@H]3O)[C@@H](O)[C@H](NC)C[C@@H]2C)O1.CN[C@@H]1C[C@H](C)[C@@H](O[C@H]2O[C@H](CN)C=C[C@H]2NC(=O)OC(C)(C)C)[C@H](O[C@@H]2O[C@H](CO)[C@@H](O[C@H]3O[C@@H](CNC(=O)OC(C)(C)C)[C@@H](O)[C@H](O)[C@H]3NC(=O)OC(C)(C)C)[C@H]2O)[C@H]1O. The zero-order valence-corrected chi connectivity index (χ0v) is 87.5. The summed E-state index contributed by atoms with van der Waals surface area (Å²) in [6.07, 6.45) is -31.3. The molecule has 36 atom stereocenters. The molecule has 0 bridgehead atoms. The van der Waals surface area contributed by atoms with Crippen molar-refractivity contribution in [3.8, 4) is 0 Å². The van der Waals surface area contributed by atoms with Crippen LogP contribution in [0.2, 0.25) is 0 Å². The third-order valence-corrected chi connectivity index (χ3v) is 23.2. The second-order valence-electron chi connectivity index (χ2n) is 44.1. The average molecular weight is 2060 g/mol. The summed E-state index contributed by atoms with van der Waals surface area (Å²) in [5, 5.41) is 151. The molecule has 49 nitrogen and oxygen atoms in total. The first-order valence-corrected chi connectivity index (χ1v) is 49.2. The van der Waals surface area contributed by atoms with Crippen LogP contribution in [0.5, 0.6) is 0 Å². The van der Waals surface area contributed by atoms with Crippen molar-refractivity contribution in [3.05, 3.63) is 24.3 Å². The molecule has 0 aromatic rings. The van der Waals surface area contributed by atoms with Crippen LogP contribution in [0.25, 0.3) is 0 Å². The zero-order chi connectivity index (χ0) is 107. The van der Waals surface area contributed by atoms with Crippen LogP contribution in [0.15, 0.2) is 24.3 Å².